The van der Waals surface area contributed by atoms with Gasteiger partial charge in [-0.15, -0.1) is 0 Å². The Balaban J connectivity index is 2.12. The number of oxime groups is 1. The highest BCUT2D eigenvalue weighted by atomic mass is 16.4. The molecular formula is C10H19N3O2. The first-order chi connectivity index (χ1) is 7.24. The number of hydrogen-bond donors (Lipinski definition) is 2. The normalized spacial score (nSPS) is 18.9. The molecule has 0 unspecified atom stereocenters. The molecule has 15 heavy (non-hydrogen) atoms. The third kappa shape index (κ3) is 4.29. The summed E-state index contributed by atoms with van der Waals surface area (Å²) < 4.78 is 0. The quantitative estimate of drug-likeness (QED) is 0.404. The Kier molecular flexibility index (Phi) is 5.10. The van der Waals surface area contributed by atoms with Crippen molar-refractivity contribution in [1.29, 1.82) is 0 Å². The molecule has 0 aliphatic carbocycles. The van der Waals surface area contributed by atoms with E-state index in [0.717, 1.165) is 19.6 Å². The van der Waals surface area contributed by atoms with E-state index in [1.54, 1.807) is 0 Å². The Morgan fingerprint density at radius 2 is 2.07 bits per heavy atom. The number of rotatable bonds is 4. The van der Waals surface area contributed by atoms with Crippen molar-refractivity contribution in [2.75, 3.05) is 26.2 Å². The highest BCUT2D eigenvalue weighted by Crippen LogP contribution is 2.07. The molecule has 5 nitrogen and oxygen atoms in total. The standard InChI is InChI=1S/C10H19N3O2/c1-9(12-15)10(14)11-5-8-13-6-3-2-4-7-13/h15H,2-8H2,1H3,(H,11,14). The van der Waals surface area contributed by atoms with Gasteiger partial charge in [-0.1, -0.05) is 11.6 Å². The fraction of sp³-hybridized carbons (Fsp3) is 0.800. The Morgan fingerprint density at radius 3 is 2.67 bits per heavy atom. The smallest absolute Gasteiger partial charge is 0.268 e. The van der Waals surface area contributed by atoms with E-state index in [9.17, 15) is 4.79 Å². The second-order valence-electron chi connectivity index (χ2n) is 3.84. The number of carbonyl (C=O) groups excluding carboxylic acids is 1. The molecule has 0 aromatic heterocycles. The summed E-state index contributed by atoms with van der Waals surface area (Å²) in [6.45, 7) is 5.23. The van der Waals surface area contributed by atoms with Crippen molar-refractivity contribution >= 4 is 11.6 Å². The maximum absolute atomic E-state index is 11.2. The summed E-state index contributed by atoms with van der Waals surface area (Å²) in [4.78, 5) is 13.5. The molecule has 0 aromatic carbocycles. The van der Waals surface area contributed by atoms with E-state index in [1.807, 2.05) is 0 Å². The predicted molar refractivity (Wildman–Crippen MR) is 58.2 cm³/mol. The molecule has 1 heterocycles. The zero-order valence-electron chi connectivity index (χ0n) is 9.20. The van der Waals surface area contributed by atoms with Crippen LogP contribution in [-0.4, -0.2) is 47.9 Å². The van der Waals surface area contributed by atoms with E-state index in [2.05, 4.69) is 15.4 Å². The fourth-order valence-corrected chi connectivity index (χ4v) is 1.68. The first kappa shape index (κ1) is 12.0. The van der Waals surface area contributed by atoms with Gasteiger partial charge in [-0.3, -0.25) is 4.79 Å². The van der Waals surface area contributed by atoms with Gasteiger partial charge in [0.1, 0.15) is 5.71 Å². The van der Waals surface area contributed by atoms with E-state index >= 15 is 0 Å². The molecule has 5 heteroatoms. The Morgan fingerprint density at radius 1 is 1.40 bits per heavy atom. The van der Waals surface area contributed by atoms with E-state index < -0.39 is 0 Å². The van der Waals surface area contributed by atoms with Crippen molar-refractivity contribution in [3.05, 3.63) is 0 Å². The van der Waals surface area contributed by atoms with E-state index in [1.165, 1.54) is 26.2 Å². The number of amides is 1. The summed E-state index contributed by atoms with van der Waals surface area (Å²) in [7, 11) is 0. The largest absolute Gasteiger partial charge is 0.410 e. The van der Waals surface area contributed by atoms with Crippen molar-refractivity contribution in [3.63, 3.8) is 0 Å². The van der Waals surface area contributed by atoms with Crippen LogP contribution in [0.2, 0.25) is 0 Å². The van der Waals surface area contributed by atoms with Gasteiger partial charge in [0, 0.05) is 13.1 Å². The molecule has 0 radical (unpaired) electrons. The van der Waals surface area contributed by atoms with Crippen molar-refractivity contribution in [2.24, 2.45) is 5.16 Å². The lowest BCUT2D eigenvalue weighted by molar-refractivity contribution is -0.115. The molecule has 2 N–H and O–H groups in total. The van der Waals surface area contributed by atoms with E-state index in [0.29, 0.717) is 6.54 Å². The lowest BCUT2D eigenvalue weighted by Crippen LogP contribution is -2.39. The average Bonchev–Trinajstić information content (AvgIpc) is 2.29. The second-order valence-corrected chi connectivity index (χ2v) is 3.84. The van der Waals surface area contributed by atoms with Crippen LogP contribution >= 0.6 is 0 Å². The van der Waals surface area contributed by atoms with Gasteiger partial charge in [0.05, 0.1) is 0 Å². The second kappa shape index (κ2) is 6.40. The highest BCUT2D eigenvalue weighted by Gasteiger charge is 2.10. The van der Waals surface area contributed by atoms with Gasteiger partial charge in [0.15, 0.2) is 0 Å². The summed E-state index contributed by atoms with van der Waals surface area (Å²) in [6.07, 6.45) is 3.83. The molecule has 0 saturated carbocycles. The first-order valence-corrected chi connectivity index (χ1v) is 5.43. The molecule has 0 aromatic rings. The highest BCUT2D eigenvalue weighted by molar-refractivity contribution is 6.37. The average molecular weight is 213 g/mol. The molecule has 86 valence electrons. The van der Waals surface area contributed by atoms with Crippen LogP contribution in [0, 0.1) is 0 Å². The molecule has 1 rings (SSSR count). The third-order valence-electron chi connectivity index (χ3n) is 2.64. The maximum Gasteiger partial charge on any atom is 0.268 e. The van der Waals surface area contributed by atoms with Crippen LogP contribution in [0.15, 0.2) is 5.16 Å². The minimum absolute atomic E-state index is 0.105. The lowest BCUT2D eigenvalue weighted by Gasteiger charge is -2.26. The van der Waals surface area contributed by atoms with Crippen molar-refractivity contribution in [1.82, 2.24) is 10.2 Å². The maximum atomic E-state index is 11.2. The Hall–Kier alpha value is -1.10. The van der Waals surface area contributed by atoms with E-state index in [4.69, 9.17) is 5.21 Å². The van der Waals surface area contributed by atoms with Crippen LogP contribution in [0.4, 0.5) is 0 Å². The zero-order valence-corrected chi connectivity index (χ0v) is 9.20. The molecule has 1 saturated heterocycles. The SMILES string of the molecule is CC(=NO)C(=O)NCCN1CCCCC1. The van der Waals surface area contributed by atoms with Gasteiger partial charge in [-0.2, -0.15) is 0 Å². The lowest BCUT2D eigenvalue weighted by atomic mass is 10.1. The number of piperidine rings is 1. The van der Waals surface area contributed by atoms with Gasteiger partial charge >= 0.3 is 0 Å². The predicted octanol–water partition coefficient (Wildman–Crippen LogP) is 0.439. The number of carbonyl (C=O) groups is 1. The number of hydrogen-bond acceptors (Lipinski definition) is 4. The summed E-state index contributed by atoms with van der Waals surface area (Å²) in [5.74, 6) is -0.297. The zero-order chi connectivity index (χ0) is 11.1. The van der Waals surface area contributed by atoms with Gasteiger partial charge < -0.3 is 15.4 Å². The van der Waals surface area contributed by atoms with Gasteiger partial charge in [-0.05, 0) is 32.9 Å². The molecule has 1 aliphatic rings. The molecule has 1 amide bonds. The summed E-state index contributed by atoms with van der Waals surface area (Å²) >= 11 is 0. The molecule has 0 atom stereocenters. The summed E-state index contributed by atoms with van der Waals surface area (Å²) in [5, 5.41) is 13.9. The van der Waals surface area contributed by atoms with Gasteiger partial charge in [0.25, 0.3) is 5.91 Å². The first-order valence-electron chi connectivity index (χ1n) is 5.43. The molecular weight excluding hydrogens is 194 g/mol. The molecule has 1 fully saturated rings. The van der Waals surface area contributed by atoms with Crippen LogP contribution in [-0.2, 0) is 4.79 Å². The van der Waals surface area contributed by atoms with Crippen molar-refractivity contribution in [2.45, 2.75) is 26.2 Å². The van der Waals surface area contributed by atoms with Crippen LogP contribution in [0.25, 0.3) is 0 Å². The molecule has 0 bridgehead atoms. The minimum Gasteiger partial charge on any atom is -0.410 e. The number of likely N-dealkylation sites (tertiary alicyclic amines) is 1. The Labute approximate surface area is 90.1 Å². The van der Waals surface area contributed by atoms with Gasteiger partial charge in [0.2, 0.25) is 0 Å². The summed E-state index contributed by atoms with van der Waals surface area (Å²) in [5.41, 5.74) is 0.105. The minimum atomic E-state index is -0.297. The molecule has 0 spiro atoms. The number of nitrogens with one attached hydrogen (secondary N) is 1. The van der Waals surface area contributed by atoms with Crippen LogP contribution in [0.1, 0.15) is 26.2 Å². The fourth-order valence-electron chi connectivity index (χ4n) is 1.68. The monoisotopic (exact) mass is 213 g/mol. The topological polar surface area (TPSA) is 64.9 Å². The van der Waals surface area contributed by atoms with Crippen molar-refractivity contribution in [3.8, 4) is 0 Å². The van der Waals surface area contributed by atoms with Gasteiger partial charge in [-0.25, -0.2) is 0 Å². The third-order valence-corrected chi connectivity index (χ3v) is 2.64. The Bertz CT molecular complexity index is 235. The van der Waals surface area contributed by atoms with E-state index in [-0.39, 0.29) is 11.6 Å². The van der Waals surface area contributed by atoms with Crippen LogP contribution in [0.5, 0.6) is 0 Å². The summed E-state index contributed by atoms with van der Waals surface area (Å²) in [6, 6.07) is 0. The van der Waals surface area contributed by atoms with Crippen LogP contribution < -0.4 is 5.32 Å². The van der Waals surface area contributed by atoms with Crippen LogP contribution in [0.3, 0.4) is 0 Å². The van der Waals surface area contributed by atoms with Crippen molar-refractivity contribution < 1.29 is 10.0 Å². The molecule has 1 aliphatic heterocycles. The number of nitrogens with zero attached hydrogens (tertiary/aromatic N) is 2.